The molecule has 0 spiro atoms. The molecule has 208 valence electrons. The van der Waals surface area contributed by atoms with Crippen molar-refractivity contribution in [3.8, 4) is 17.3 Å². The van der Waals surface area contributed by atoms with Crippen LogP contribution in [0.25, 0.3) is 22.4 Å². The Labute approximate surface area is 223 Å². The highest BCUT2D eigenvalue weighted by molar-refractivity contribution is 7.89. The highest BCUT2D eigenvalue weighted by atomic mass is 32.2. The predicted molar refractivity (Wildman–Crippen MR) is 144 cm³/mol. The summed E-state index contributed by atoms with van der Waals surface area (Å²) in [5.41, 5.74) is 1.45. The lowest BCUT2D eigenvalue weighted by Gasteiger charge is -2.33. The summed E-state index contributed by atoms with van der Waals surface area (Å²) in [6, 6.07) is 1.57. The fourth-order valence-electron chi connectivity index (χ4n) is 4.55. The molecule has 4 rings (SSSR count). The minimum absolute atomic E-state index is 0.0188. The van der Waals surface area contributed by atoms with E-state index in [1.165, 1.54) is 16.6 Å². The smallest absolute Gasteiger partial charge is 0.279 e. The Kier molecular flexibility index (Phi) is 8.81. The van der Waals surface area contributed by atoms with Crippen LogP contribution in [0, 0.1) is 0 Å². The SMILES string of the molecule is CCc1c2nc(-c3cc(S(=O)(=O)N4CCN(CC)CC4)cnc3OCCOC)[nH]c(=O)c2nn1C(C)CC. The van der Waals surface area contributed by atoms with Gasteiger partial charge in [0.1, 0.15) is 22.8 Å². The van der Waals surface area contributed by atoms with Crippen molar-refractivity contribution < 1.29 is 17.9 Å². The van der Waals surface area contributed by atoms with Gasteiger partial charge in [-0.3, -0.25) is 9.48 Å². The van der Waals surface area contributed by atoms with Crippen LogP contribution in [0.5, 0.6) is 5.88 Å². The monoisotopic (exact) mass is 547 g/mol. The number of H-pyrrole nitrogens is 1. The number of fused-ring (bicyclic) bond motifs is 1. The van der Waals surface area contributed by atoms with Gasteiger partial charge in [-0.1, -0.05) is 20.8 Å². The number of ether oxygens (including phenoxy) is 2. The lowest BCUT2D eigenvalue weighted by atomic mass is 10.2. The van der Waals surface area contributed by atoms with Crippen LogP contribution in [-0.4, -0.2) is 95.4 Å². The fourth-order valence-corrected chi connectivity index (χ4v) is 5.94. The molecule has 1 aliphatic rings. The van der Waals surface area contributed by atoms with Gasteiger partial charge in [-0.05, 0) is 32.4 Å². The van der Waals surface area contributed by atoms with E-state index in [1.807, 2.05) is 18.5 Å². The Morgan fingerprint density at radius 1 is 1.11 bits per heavy atom. The number of aryl methyl sites for hydroxylation is 1. The van der Waals surface area contributed by atoms with Crippen LogP contribution < -0.4 is 10.3 Å². The first-order valence-electron chi connectivity index (χ1n) is 13.1. The van der Waals surface area contributed by atoms with E-state index in [4.69, 9.17) is 14.5 Å². The van der Waals surface area contributed by atoms with E-state index in [1.54, 1.807) is 7.11 Å². The zero-order chi connectivity index (χ0) is 27.4. The van der Waals surface area contributed by atoms with Crippen LogP contribution in [0.1, 0.15) is 45.9 Å². The minimum atomic E-state index is -3.81. The van der Waals surface area contributed by atoms with Gasteiger partial charge in [0, 0.05) is 39.3 Å². The number of rotatable bonds is 11. The van der Waals surface area contributed by atoms with Crippen LogP contribution in [0.3, 0.4) is 0 Å². The third-order valence-corrected chi connectivity index (χ3v) is 8.88. The molecular weight excluding hydrogens is 510 g/mol. The summed E-state index contributed by atoms with van der Waals surface area (Å²) in [5.74, 6) is 0.334. The van der Waals surface area contributed by atoms with Crippen molar-refractivity contribution in [2.45, 2.75) is 51.5 Å². The summed E-state index contributed by atoms with van der Waals surface area (Å²) < 4.78 is 41.3. The van der Waals surface area contributed by atoms with Gasteiger partial charge < -0.3 is 19.4 Å². The summed E-state index contributed by atoms with van der Waals surface area (Å²) >= 11 is 0. The molecule has 3 aromatic rings. The quantitative estimate of drug-likeness (QED) is 0.358. The van der Waals surface area contributed by atoms with Crippen LogP contribution in [0.2, 0.25) is 0 Å². The van der Waals surface area contributed by atoms with E-state index in [0.29, 0.717) is 44.7 Å². The Morgan fingerprint density at radius 2 is 1.84 bits per heavy atom. The molecule has 0 aliphatic carbocycles. The normalized spacial score (nSPS) is 16.2. The number of pyridine rings is 1. The van der Waals surface area contributed by atoms with Crippen molar-refractivity contribution in [3.05, 3.63) is 28.3 Å². The Bertz CT molecular complexity index is 1430. The molecule has 0 amide bonds. The Hall–Kier alpha value is -2.87. The summed E-state index contributed by atoms with van der Waals surface area (Å²) in [7, 11) is -2.26. The van der Waals surface area contributed by atoms with Crippen molar-refractivity contribution >= 4 is 21.1 Å². The van der Waals surface area contributed by atoms with Crippen molar-refractivity contribution in [1.82, 2.24) is 33.9 Å². The topological polar surface area (TPSA) is 136 Å². The van der Waals surface area contributed by atoms with E-state index in [9.17, 15) is 13.2 Å². The zero-order valence-corrected chi connectivity index (χ0v) is 23.5. The highest BCUT2D eigenvalue weighted by Gasteiger charge is 2.30. The molecule has 1 saturated heterocycles. The standard InChI is InChI=1S/C25H37N7O5S/c1-6-17(4)32-20(7-2)21-22(29-32)24(33)28-23(27-21)19-15-18(16-26-25(19)37-14-13-36-5)38(34,35)31-11-9-30(8-3)10-12-31/h15-17H,6-14H2,1-5H3,(H,27,28,33). The second-order valence-electron chi connectivity index (χ2n) is 9.32. The van der Waals surface area contributed by atoms with Gasteiger partial charge in [0.25, 0.3) is 5.56 Å². The molecule has 13 heteroatoms. The number of sulfonamides is 1. The molecule has 3 aromatic heterocycles. The minimum Gasteiger partial charge on any atom is -0.475 e. The number of nitrogens with zero attached hydrogens (tertiary/aromatic N) is 6. The van der Waals surface area contributed by atoms with Crippen molar-refractivity contribution in [2.75, 3.05) is 53.0 Å². The first kappa shape index (κ1) is 28.1. The van der Waals surface area contributed by atoms with Gasteiger partial charge in [0.15, 0.2) is 5.52 Å². The van der Waals surface area contributed by atoms with Gasteiger partial charge in [-0.25, -0.2) is 18.4 Å². The van der Waals surface area contributed by atoms with Gasteiger partial charge in [0.05, 0.1) is 24.1 Å². The third kappa shape index (κ3) is 5.46. The molecule has 0 aromatic carbocycles. The number of nitrogens with one attached hydrogen (secondary N) is 1. The predicted octanol–water partition coefficient (Wildman–Crippen LogP) is 2.07. The van der Waals surface area contributed by atoms with Gasteiger partial charge in [-0.2, -0.15) is 9.40 Å². The average Bonchev–Trinajstić information content (AvgIpc) is 3.32. The molecule has 12 nitrogen and oxygen atoms in total. The summed E-state index contributed by atoms with van der Waals surface area (Å²) in [6.07, 6.45) is 2.77. The number of hydrogen-bond acceptors (Lipinski definition) is 9. The van der Waals surface area contributed by atoms with Crippen LogP contribution in [-0.2, 0) is 21.2 Å². The molecule has 1 fully saturated rings. The second-order valence-corrected chi connectivity index (χ2v) is 11.3. The summed E-state index contributed by atoms with van der Waals surface area (Å²) in [5, 5.41) is 4.54. The maximum absolute atomic E-state index is 13.5. The Morgan fingerprint density at radius 3 is 2.47 bits per heavy atom. The average molecular weight is 548 g/mol. The van der Waals surface area contributed by atoms with E-state index in [-0.39, 0.29) is 40.3 Å². The number of piperazine rings is 1. The molecular formula is C25H37N7O5S. The number of aromatic amines is 1. The molecule has 38 heavy (non-hydrogen) atoms. The number of methoxy groups -OCH3 is 1. The first-order valence-corrected chi connectivity index (χ1v) is 14.5. The molecule has 1 N–H and O–H groups in total. The summed E-state index contributed by atoms with van der Waals surface area (Å²) in [4.78, 5) is 27.2. The zero-order valence-electron chi connectivity index (χ0n) is 22.7. The summed E-state index contributed by atoms with van der Waals surface area (Å²) in [6.45, 7) is 11.7. The first-order chi connectivity index (χ1) is 18.2. The highest BCUT2D eigenvalue weighted by Crippen LogP contribution is 2.31. The molecule has 1 aliphatic heterocycles. The van der Waals surface area contributed by atoms with Gasteiger partial charge in [-0.15, -0.1) is 0 Å². The van der Waals surface area contributed by atoms with E-state index in [0.717, 1.165) is 18.7 Å². The fraction of sp³-hybridized carbons (Fsp3) is 0.600. The third-order valence-electron chi connectivity index (χ3n) is 7.02. The lowest BCUT2D eigenvalue weighted by Crippen LogP contribution is -2.48. The van der Waals surface area contributed by atoms with E-state index >= 15 is 0 Å². The van der Waals surface area contributed by atoms with Crippen molar-refractivity contribution in [3.63, 3.8) is 0 Å². The molecule has 4 heterocycles. The van der Waals surface area contributed by atoms with Gasteiger partial charge in [0.2, 0.25) is 15.9 Å². The number of hydrogen-bond donors (Lipinski definition) is 1. The molecule has 1 unspecified atom stereocenters. The largest absolute Gasteiger partial charge is 0.475 e. The lowest BCUT2D eigenvalue weighted by molar-refractivity contribution is 0.144. The maximum Gasteiger partial charge on any atom is 0.279 e. The maximum atomic E-state index is 13.5. The van der Waals surface area contributed by atoms with Crippen molar-refractivity contribution in [1.29, 1.82) is 0 Å². The molecule has 1 atom stereocenters. The number of aromatic nitrogens is 5. The van der Waals surface area contributed by atoms with Crippen molar-refractivity contribution in [2.24, 2.45) is 0 Å². The second kappa shape index (κ2) is 11.9. The van der Waals surface area contributed by atoms with Gasteiger partial charge >= 0.3 is 0 Å². The Balaban J connectivity index is 1.83. The van der Waals surface area contributed by atoms with E-state index in [2.05, 4.69) is 33.8 Å². The molecule has 0 radical (unpaired) electrons. The van der Waals surface area contributed by atoms with Crippen LogP contribution >= 0.6 is 0 Å². The molecule has 0 saturated carbocycles. The van der Waals surface area contributed by atoms with Crippen LogP contribution in [0.15, 0.2) is 22.0 Å². The number of likely N-dealkylation sites (N-methyl/N-ethyl adjacent to an activating group) is 1. The molecule has 0 bridgehead atoms. The van der Waals surface area contributed by atoms with Crippen LogP contribution in [0.4, 0.5) is 0 Å². The van der Waals surface area contributed by atoms with E-state index < -0.39 is 15.6 Å².